The maximum atomic E-state index is 6.12. The highest BCUT2D eigenvalue weighted by Gasteiger charge is 2.25. The molecule has 2 unspecified atom stereocenters. The highest BCUT2D eigenvalue weighted by Crippen LogP contribution is 2.30. The summed E-state index contributed by atoms with van der Waals surface area (Å²) >= 11 is 5.56. The summed E-state index contributed by atoms with van der Waals surface area (Å²) in [7, 11) is 0. The number of ether oxygens (including phenoxy) is 1. The van der Waals surface area contributed by atoms with Crippen molar-refractivity contribution in [2.45, 2.75) is 45.1 Å². The molecule has 1 saturated carbocycles. The molecule has 0 amide bonds. The number of hydrogen-bond acceptors (Lipinski definition) is 2. The number of nitrogens with zero attached hydrogens (tertiary/aromatic N) is 1. The van der Waals surface area contributed by atoms with Crippen molar-refractivity contribution < 1.29 is 4.74 Å². The van der Waals surface area contributed by atoms with Crippen LogP contribution in [0.3, 0.4) is 0 Å². The fourth-order valence-corrected chi connectivity index (χ4v) is 2.72. The Balaban J connectivity index is 2.05. The molecule has 2 nitrogen and oxygen atoms in total. The fraction of sp³-hybridized carbons (Fsp3) is 0.562. The molecule has 0 N–H and O–H groups in total. The largest absolute Gasteiger partial charge is 0.488 e. The van der Waals surface area contributed by atoms with Crippen LogP contribution in [-0.2, 0) is 0 Å². The SMILES string of the molecule is CCC1CCCCC1Oc1cncc(C#CCCl)c1. The summed E-state index contributed by atoms with van der Waals surface area (Å²) < 4.78 is 6.12. The zero-order valence-electron chi connectivity index (χ0n) is 11.4. The first-order valence-corrected chi connectivity index (χ1v) is 7.53. The lowest BCUT2D eigenvalue weighted by molar-refractivity contribution is 0.0900. The molecule has 1 heterocycles. The number of hydrogen-bond donors (Lipinski definition) is 0. The van der Waals surface area contributed by atoms with Gasteiger partial charge in [-0.1, -0.05) is 25.2 Å². The Morgan fingerprint density at radius 1 is 1.37 bits per heavy atom. The lowest BCUT2D eigenvalue weighted by Gasteiger charge is -2.31. The van der Waals surface area contributed by atoms with Crippen LogP contribution in [-0.4, -0.2) is 17.0 Å². The van der Waals surface area contributed by atoms with Gasteiger partial charge in [0, 0.05) is 11.8 Å². The number of alkyl halides is 1. The minimum Gasteiger partial charge on any atom is -0.488 e. The molecule has 1 aliphatic carbocycles. The third kappa shape index (κ3) is 4.14. The Morgan fingerprint density at radius 3 is 3.00 bits per heavy atom. The normalized spacial score (nSPS) is 22.4. The molecule has 102 valence electrons. The van der Waals surface area contributed by atoms with Gasteiger partial charge in [0.2, 0.25) is 0 Å². The van der Waals surface area contributed by atoms with E-state index in [0.29, 0.717) is 17.9 Å². The summed E-state index contributed by atoms with van der Waals surface area (Å²) in [5.74, 6) is 7.65. The van der Waals surface area contributed by atoms with Crippen molar-refractivity contribution in [3.63, 3.8) is 0 Å². The maximum Gasteiger partial charge on any atom is 0.139 e. The minimum absolute atomic E-state index is 0.330. The van der Waals surface area contributed by atoms with Gasteiger partial charge in [0.1, 0.15) is 11.9 Å². The third-order valence-corrected chi connectivity index (χ3v) is 3.80. The van der Waals surface area contributed by atoms with Crippen molar-refractivity contribution in [1.82, 2.24) is 4.98 Å². The predicted octanol–water partition coefficient (Wildman–Crippen LogP) is 4.02. The van der Waals surface area contributed by atoms with E-state index in [4.69, 9.17) is 16.3 Å². The summed E-state index contributed by atoms with van der Waals surface area (Å²) in [5, 5.41) is 0. The van der Waals surface area contributed by atoms with Crippen LogP contribution in [0.2, 0.25) is 0 Å². The van der Waals surface area contributed by atoms with E-state index in [1.807, 2.05) is 6.07 Å². The lowest BCUT2D eigenvalue weighted by atomic mass is 9.85. The molecule has 19 heavy (non-hydrogen) atoms. The summed E-state index contributed by atoms with van der Waals surface area (Å²) in [5.41, 5.74) is 0.863. The van der Waals surface area contributed by atoms with Crippen molar-refractivity contribution in [2.75, 3.05) is 5.88 Å². The van der Waals surface area contributed by atoms with Gasteiger partial charge in [0.25, 0.3) is 0 Å². The first kappa shape index (κ1) is 14.2. The molecule has 2 atom stereocenters. The summed E-state index contributed by atoms with van der Waals surface area (Å²) in [6, 6.07) is 1.95. The maximum absolute atomic E-state index is 6.12. The third-order valence-electron chi connectivity index (χ3n) is 3.66. The van der Waals surface area contributed by atoms with Gasteiger partial charge in [-0.3, -0.25) is 4.98 Å². The number of aromatic nitrogens is 1. The zero-order valence-corrected chi connectivity index (χ0v) is 12.1. The summed E-state index contributed by atoms with van der Waals surface area (Å²) in [4.78, 5) is 4.18. The van der Waals surface area contributed by atoms with E-state index < -0.39 is 0 Å². The van der Waals surface area contributed by atoms with Gasteiger partial charge in [-0.05, 0) is 37.7 Å². The molecule has 0 radical (unpaired) electrons. The Bertz CT molecular complexity index is 463. The molecular weight excluding hydrogens is 258 g/mol. The van der Waals surface area contributed by atoms with E-state index >= 15 is 0 Å². The Labute approximate surface area is 120 Å². The average Bonchev–Trinajstić information content (AvgIpc) is 2.46. The summed E-state index contributed by atoms with van der Waals surface area (Å²) in [6.07, 6.45) is 10.0. The van der Waals surface area contributed by atoms with Crippen LogP contribution in [0.1, 0.15) is 44.6 Å². The van der Waals surface area contributed by atoms with Gasteiger partial charge >= 0.3 is 0 Å². The van der Waals surface area contributed by atoms with Crippen LogP contribution in [0.25, 0.3) is 0 Å². The molecule has 2 rings (SSSR count). The molecule has 3 heteroatoms. The molecule has 0 aromatic carbocycles. The van der Waals surface area contributed by atoms with Crippen molar-refractivity contribution in [3.05, 3.63) is 24.0 Å². The van der Waals surface area contributed by atoms with Crippen molar-refractivity contribution >= 4 is 11.6 Å². The second-order valence-corrected chi connectivity index (χ2v) is 5.22. The minimum atomic E-state index is 0.330. The molecule has 1 aromatic heterocycles. The van der Waals surface area contributed by atoms with Crippen LogP contribution in [0, 0.1) is 17.8 Å². The van der Waals surface area contributed by atoms with E-state index in [2.05, 4.69) is 23.7 Å². The van der Waals surface area contributed by atoms with Gasteiger partial charge in [-0.25, -0.2) is 0 Å². The van der Waals surface area contributed by atoms with Crippen molar-refractivity contribution in [1.29, 1.82) is 0 Å². The second-order valence-electron chi connectivity index (χ2n) is 4.95. The Kier molecular flexibility index (Phi) is 5.54. The molecule has 1 fully saturated rings. The number of rotatable bonds is 3. The molecular formula is C16H20ClNO. The average molecular weight is 278 g/mol. The molecule has 0 spiro atoms. The first-order chi connectivity index (χ1) is 9.33. The van der Waals surface area contributed by atoms with Crippen LogP contribution in [0.5, 0.6) is 5.75 Å². The highest BCUT2D eigenvalue weighted by molar-refractivity contribution is 6.19. The lowest BCUT2D eigenvalue weighted by Crippen LogP contribution is -2.29. The monoisotopic (exact) mass is 277 g/mol. The number of halogens is 1. The van der Waals surface area contributed by atoms with Gasteiger partial charge in [0.15, 0.2) is 0 Å². The van der Waals surface area contributed by atoms with E-state index in [1.165, 1.54) is 25.7 Å². The van der Waals surface area contributed by atoms with E-state index in [-0.39, 0.29) is 0 Å². The predicted molar refractivity (Wildman–Crippen MR) is 78.5 cm³/mol. The molecule has 1 aromatic rings. The van der Waals surface area contributed by atoms with Crippen LogP contribution < -0.4 is 4.74 Å². The van der Waals surface area contributed by atoms with E-state index in [0.717, 1.165) is 17.7 Å². The summed E-state index contributed by atoms with van der Waals surface area (Å²) in [6.45, 7) is 2.24. The van der Waals surface area contributed by atoms with Gasteiger partial charge in [-0.15, -0.1) is 11.6 Å². The molecule has 0 saturated heterocycles. The van der Waals surface area contributed by atoms with Crippen LogP contribution in [0.4, 0.5) is 0 Å². The second kappa shape index (κ2) is 7.40. The molecule has 0 aliphatic heterocycles. The van der Waals surface area contributed by atoms with Crippen LogP contribution >= 0.6 is 11.6 Å². The Morgan fingerprint density at radius 2 is 2.21 bits per heavy atom. The molecule has 0 bridgehead atoms. The van der Waals surface area contributed by atoms with Gasteiger partial charge in [-0.2, -0.15) is 0 Å². The first-order valence-electron chi connectivity index (χ1n) is 7.00. The van der Waals surface area contributed by atoms with Crippen LogP contribution in [0.15, 0.2) is 18.5 Å². The number of pyridine rings is 1. The smallest absolute Gasteiger partial charge is 0.139 e. The van der Waals surface area contributed by atoms with Crippen molar-refractivity contribution in [2.24, 2.45) is 5.92 Å². The highest BCUT2D eigenvalue weighted by atomic mass is 35.5. The fourth-order valence-electron chi connectivity index (χ4n) is 2.66. The Hall–Kier alpha value is -1.20. The van der Waals surface area contributed by atoms with E-state index in [9.17, 15) is 0 Å². The standard InChI is InChI=1S/C16H20ClNO/c1-2-14-7-3-4-8-16(14)19-15-10-13(6-5-9-17)11-18-12-15/h10-12,14,16H,2-4,7-9H2,1H3. The van der Waals surface area contributed by atoms with Crippen molar-refractivity contribution in [3.8, 4) is 17.6 Å². The molecule has 1 aliphatic rings. The topological polar surface area (TPSA) is 22.1 Å². The quantitative estimate of drug-likeness (QED) is 0.615. The van der Waals surface area contributed by atoms with E-state index in [1.54, 1.807) is 12.4 Å². The van der Waals surface area contributed by atoms with Gasteiger partial charge < -0.3 is 4.74 Å². The van der Waals surface area contributed by atoms with Gasteiger partial charge in [0.05, 0.1) is 12.1 Å². The zero-order chi connectivity index (χ0) is 13.5.